The van der Waals surface area contributed by atoms with Crippen molar-refractivity contribution in [1.82, 2.24) is 0 Å². The molecule has 0 bridgehead atoms. The second-order valence-electron chi connectivity index (χ2n) is 3.80. The standard InChI is InChI=1S/C10H17N2.F2NO4S2/c1-4-11(3)10-6-8-12(5-2)9-7-10;1-8(4,5)3-9(2,6)7/h6-9H,4-5H2,1-3H3;/q+1;-1. The fraction of sp³-hybridized carbons (Fsp3) is 0.500. The molecule has 1 aromatic rings. The largest absolute Gasteiger partial charge is 0.379 e. The summed E-state index contributed by atoms with van der Waals surface area (Å²) in [6.45, 7) is 6.39. The average Bonchev–Trinajstić information content (AvgIpc) is 2.34. The summed E-state index contributed by atoms with van der Waals surface area (Å²) in [7, 11) is -9.14. The molecule has 0 N–H and O–H groups in total. The lowest BCUT2D eigenvalue weighted by molar-refractivity contribution is -0.693. The van der Waals surface area contributed by atoms with Gasteiger partial charge in [-0.05, 0) is 13.8 Å². The van der Waals surface area contributed by atoms with Crippen molar-refractivity contribution in [3.8, 4) is 0 Å². The van der Waals surface area contributed by atoms with Crippen LogP contribution in [0.5, 0.6) is 0 Å². The van der Waals surface area contributed by atoms with Gasteiger partial charge in [0.1, 0.15) is 6.54 Å². The number of rotatable bonds is 5. The van der Waals surface area contributed by atoms with Crippen LogP contribution in [0.25, 0.3) is 4.13 Å². The molecule has 0 spiro atoms. The Morgan fingerprint density at radius 1 is 1.10 bits per heavy atom. The zero-order valence-electron chi connectivity index (χ0n) is 11.8. The normalized spacial score (nSPS) is 11.5. The van der Waals surface area contributed by atoms with Crippen LogP contribution in [-0.2, 0) is 27.4 Å². The molecule has 21 heavy (non-hydrogen) atoms. The summed E-state index contributed by atoms with van der Waals surface area (Å²) >= 11 is 0. The van der Waals surface area contributed by atoms with Crippen LogP contribution >= 0.6 is 0 Å². The van der Waals surface area contributed by atoms with Gasteiger partial charge in [-0.1, -0.05) is 0 Å². The molecule has 0 fully saturated rings. The van der Waals surface area contributed by atoms with Crippen LogP contribution in [0.1, 0.15) is 13.8 Å². The Balaban J connectivity index is 0.000000400. The molecule has 0 unspecified atom stereocenters. The van der Waals surface area contributed by atoms with E-state index in [-0.39, 0.29) is 0 Å². The maximum Gasteiger partial charge on any atom is 0.241 e. The highest BCUT2D eigenvalue weighted by Gasteiger charge is 2.01. The van der Waals surface area contributed by atoms with Gasteiger partial charge in [-0.25, -0.2) is 21.4 Å². The zero-order chi connectivity index (χ0) is 16.7. The maximum atomic E-state index is 11.1. The number of anilines is 1. The molecule has 0 saturated heterocycles. The number of hydrogen-bond acceptors (Lipinski definition) is 5. The monoisotopic (exact) mass is 345 g/mol. The molecule has 0 aromatic carbocycles. The molecule has 0 saturated carbocycles. The van der Waals surface area contributed by atoms with Gasteiger partial charge in [0, 0.05) is 31.4 Å². The van der Waals surface area contributed by atoms with Crippen molar-refractivity contribution in [3.63, 3.8) is 0 Å². The summed E-state index contributed by atoms with van der Waals surface area (Å²) in [6.07, 6.45) is 4.23. The second-order valence-corrected chi connectivity index (χ2v) is 6.04. The van der Waals surface area contributed by atoms with E-state index in [0.717, 1.165) is 17.2 Å². The van der Waals surface area contributed by atoms with Gasteiger partial charge >= 0.3 is 0 Å². The van der Waals surface area contributed by atoms with E-state index in [0.29, 0.717) is 0 Å². The van der Waals surface area contributed by atoms with E-state index >= 15 is 0 Å². The highest BCUT2D eigenvalue weighted by Crippen LogP contribution is 2.11. The van der Waals surface area contributed by atoms with Gasteiger partial charge in [0.05, 0.1) is 0 Å². The van der Waals surface area contributed by atoms with Crippen molar-refractivity contribution in [2.75, 3.05) is 18.5 Å². The van der Waals surface area contributed by atoms with E-state index in [1.807, 2.05) is 0 Å². The number of halogens is 2. The topological polar surface area (TPSA) is 89.5 Å². The van der Waals surface area contributed by atoms with Crippen molar-refractivity contribution < 1.29 is 29.2 Å². The molecular weight excluding hydrogens is 328 g/mol. The van der Waals surface area contributed by atoms with E-state index in [9.17, 15) is 24.6 Å². The zero-order valence-corrected chi connectivity index (χ0v) is 13.4. The molecule has 0 aliphatic rings. The minimum atomic E-state index is -5.62. The lowest BCUT2D eigenvalue weighted by Crippen LogP contribution is -2.31. The molecule has 1 rings (SSSR count). The Kier molecular flexibility index (Phi) is 7.68. The van der Waals surface area contributed by atoms with Crippen molar-refractivity contribution in [2.24, 2.45) is 0 Å². The third kappa shape index (κ3) is 10.1. The average molecular weight is 345 g/mol. The van der Waals surface area contributed by atoms with Crippen molar-refractivity contribution in [1.29, 1.82) is 0 Å². The lowest BCUT2D eigenvalue weighted by atomic mass is 10.3. The van der Waals surface area contributed by atoms with E-state index < -0.39 is 20.8 Å². The van der Waals surface area contributed by atoms with Crippen molar-refractivity contribution in [3.05, 3.63) is 28.7 Å². The number of nitrogens with zero attached hydrogens (tertiary/aromatic N) is 3. The molecule has 0 aliphatic carbocycles. The first-order chi connectivity index (χ1) is 9.48. The number of aryl methyl sites for hydroxylation is 1. The van der Waals surface area contributed by atoms with E-state index in [1.165, 1.54) is 5.69 Å². The second kappa shape index (κ2) is 8.20. The summed E-state index contributed by atoms with van der Waals surface area (Å²) in [5.41, 5.74) is 1.28. The van der Waals surface area contributed by atoms with Crippen LogP contribution in [-0.4, -0.2) is 30.4 Å². The SMILES string of the molecule is CCN(C)c1cc[n+](CC)cc1.O=S(=O)(F)[N-]S(=O)(=O)F. The first-order valence-corrected chi connectivity index (χ1v) is 8.50. The summed E-state index contributed by atoms with van der Waals surface area (Å²) in [6, 6.07) is 4.29. The Morgan fingerprint density at radius 3 is 1.76 bits per heavy atom. The van der Waals surface area contributed by atoms with Crippen LogP contribution in [0.2, 0.25) is 0 Å². The molecule has 11 heteroatoms. The van der Waals surface area contributed by atoms with Crippen LogP contribution in [0.3, 0.4) is 0 Å². The summed E-state index contributed by atoms with van der Waals surface area (Å²) < 4.78 is 62.2. The van der Waals surface area contributed by atoms with Gasteiger partial charge in [0.2, 0.25) is 20.8 Å². The van der Waals surface area contributed by atoms with Crippen molar-refractivity contribution >= 4 is 26.5 Å². The summed E-state index contributed by atoms with van der Waals surface area (Å²) in [4.78, 5) is 2.22. The molecular formula is C10H17F2N3O4S2. The van der Waals surface area contributed by atoms with E-state index in [2.05, 4.69) is 54.9 Å². The minimum Gasteiger partial charge on any atom is -0.379 e. The molecule has 122 valence electrons. The van der Waals surface area contributed by atoms with Gasteiger partial charge in [-0.3, -0.25) is 0 Å². The lowest BCUT2D eigenvalue weighted by Gasteiger charge is -2.15. The first kappa shape index (κ1) is 19.7. The molecule has 0 atom stereocenters. The van der Waals surface area contributed by atoms with Crippen LogP contribution in [0, 0.1) is 0 Å². The van der Waals surface area contributed by atoms with Crippen LogP contribution < -0.4 is 9.47 Å². The Morgan fingerprint density at radius 2 is 1.52 bits per heavy atom. The van der Waals surface area contributed by atoms with Crippen LogP contribution in [0.4, 0.5) is 13.5 Å². The van der Waals surface area contributed by atoms with Gasteiger partial charge in [0.25, 0.3) is 0 Å². The Labute approximate surface area is 123 Å². The highest BCUT2D eigenvalue weighted by molar-refractivity contribution is 8.07. The van der Waals surface area contributed by atoms with Gasteiger partial charge < -0.3 is 9.03 Å². The molecule has 1 heterocycles. The van der Waals surface area contributed by atoms with Crippen molar-refractivity contribution in [2.45, 2.75) is 20.4 Å². The molecule has 0 radical (unpaired) electrons. The van der Waals surface area contributed by atoms with E-state index in [4.69, 9.17) is 0 Å². The predicted molar refractivity (Wildman–Crippen MR) is 74.7 cm³/mol. The molecule has 0 aliphatic heterocycles. The fourth-order valence-corrected chi connectivity index (χ4v) is 2.05. The molecule has 1 aromatic heterocycles. The van der Waals surface area contributed by atoms with Gasteiger partial charge in [-0.15, -0.1) is 7.77 Å². The summed E-state index contributed by atoms with van der Waals surface area (Å²) in [5.74, 6) is 0. The first-order valence-electron chi connectivity index (χ1n) is 5.82. The maximum absolute atomic E-state index is 11.1. The minimum absolute atomic E-state index is 1.04. The van der Waals surface area contributed by atoms with Gasteiger partial charge in [0.15, 0.2) is 12.4 Å². The molecule has 7 nitrogen and oxygen atoms in total. The number of hydrogen-bond donors (Lipinski definition) is 0. The number of pyridine rings is 1. The smallest absolute Gasteiger partial charge is 0.241 e. The number of aromatic nitrogens is 1. The molecule has 0 amide bonds. The predicted octanol–water partition coefficient (Wildman–Crippen LogP) is 1.24. The van der Waals surface area contributed by atoms with Crippen LogP contribution in [0.15, 0.2) is 24.5 Å². The quantitative estimate of drug-likeness (QED) is 0.592. The third-order valence-electron chi connectivity index (χ3n) is 2.33. The Hall–Kier alpha value is -1.33. The highest BCUT2D eigenvalue weighted by atomic mass is 32.3. The van der Waals surface area contributed by atoms with E-state index in [1.54, 1.807) is 0 Å². The summed E-state index contributed by atoms with van der Waals surface area (Å²) in [5, 5.41) is 0. The fourth-order valence-electron chi connectivity index (χ4n) is 1.20. The third-order valence-corrected chi connectivity index (χ3v) is 3.76. The van der Waals surface area contributed by atoms with Gasteiger partial charge in [-0.2, -0.15) is 0 Å². The Bertz CT molecular complexity index is 603.